The summed E-state index contributed by atoms with van der Waals surface area (Å²) in [6.07, 6.45) is 0.980. The summed E-state index contributed by atoms with van der Waals surface area (Å²) < 4.78 is 0. The van der Waals surface area contributed by atoms with Gasteiger partial charge in [-0.2, -0.15) is 0 Å². The second kappa shape index (κ2) is 4.89. The smallest absolute Gasteiger partial charge is 0.251 e. The Morgan fingerprint density at radius 2 is 1.70 bits per heavy atom. The second-order valence-corrected chi connectivity index (χ2v) is 5.22. The monoisotopic (exact) mass is 267 g/mol. The van der Waals surface area contributed by atoms with Crippen molar-refractivity contribution in [1.82, 2.24) is 5.32 Å². The maximum atomic E-state index is 12.2. The summed E-state index contributed by atoms with van der Waals surface area (Å²) in [6, 6.07) is 15.3. The van der Waals surface area contributed by atoms with Crippen molar-refractivity contribution in [3.8, 4) is 0 Å². The zero-order valence-corrected chi connectivity index (χ0v) is 11.0. The van der Waals surface area contributed by atoms with E-state index >= 15 is 0 Å². The second-order valence-electron chi connectivity index (χ2n) is 5.22. The lowest BCUT2D eigenvalue weighted by Crippen LogP contribution is -2.26. The number of carbonyl (C=O) groups is 1. The Balaban J connectivity index is 1.66. The highest BCUT2D eigenvalue weighted by atomic mass is 16.1. The lowest BCUT2D eigenvalue weighted by atomic mass is 10.1. The summed E-state index contributed by atoms with van der Waals surface area (Å²) in [4.78, 5) is 12.2. The van der Waals surface area contributed by atoms with Gasteiger partial charge in [0.25, 0.3) is 5.91 Å². The van der Waals surface area contributed by atoms with E-state index in [2.05, 4.69) is 17.4 Å². The lowest BCUT2D eigenvalue weighted by Gasteiger charge is -2.07. The van der Waals surface area contributed by atoms with Gasteiger partial charge in [0.1, 0.15) is 0 Å². The highest BCUT2D eigenvalue weighted by Crippen LogP contribution is 2.40. The molecule has 0 radical (unpaired) electrons. The standard InChI is InChI=1S/C16H17N3O/c17-12-6-11(7-13(18)8-12)16(20)19-15-9-14(15)10-4-2-1-3-5-10/h1-8,14-15H,9,17-18H2,(H,19,20). The Morgan fingerprint density at radius 1 is 1.05 bits per heavy atom. The molecule has 102 valence electrons. The van der Waals surface area contributed by atoms with E-state index in [0.29, 0.717) is 22.9 Å². The molecular weight excluding hydrogens is 250 g/mol. The number of rotatable bonds is 3. The fourth-order valence-electron chi connectivity index (χ4n) is 2.48. The molecule has 2 aromatic rings. The highest BCUT2D eigenvalue weighted by molar-refractivity contribution is 5.96. The molecule has 0 saturated heterocycles. The normalized spacial score (nSPS) is 20.4. The zero-order valence-electron chi connectivity index (χ0n) is 11.0. The van der Waals surface area contributed by atoms with Crippen LogP contribution in [-0.2, 0) is 0 Å². The van der Waals surface area contributed by atoms with Crippen molar-refractivity contribution in [2.45, 2.75) is 18.4 Å². The van der Waals surface area contributed by atoms with E-state index in [1.165, 1.54) is 5.56 Å². The van der Waals surface area contributed by atoms with Crippen molar-refractivity contribution >= 4 is 17.3 Å². The minimum atomic E-state index is -0.118. The molecule has 2 atom stereocenters. The molecule has 2 aromatic carbocycles. The van der Waals surface area contributed by atoms with Gasteiger partial charge in [-0.25, -0.2) is 0 Å². The largest absolute Gasteiger partial charge is 0.399 e. The van der Waals surface area contributed by atoms with Gasteiger partial charge in [-0.15, -0.1) is 0 Å². The number of amides is 1. The average molecular weight is 267 g/mol. The van der Waals surface area contributed by atoms with E-state index in [-0.39, 0.29) is 11.9 Å². The molecule has 3 rings (SSSR count). The third-order valence-corrected chi connectivity index (χ3v) is 3.57. The van der Waals surface area contributed by atoms with Crippen LogP contribution in [0.5, 0.6) is 0 Å². The Hall–Kier alpha value is -2.49. The lowest BCUT2D eigenvalue weighted by molar-refractivity contribution is 0.0950. The number of benzene rings is 2. The molecule has 5 N–H and O–H groups in total. The summed E-state index contributed by atoms with van der Waals surface area (Å²) in [5, 5.41) is 3.02. The molecule has 2 unspecified atom stereocenters. The van der Waals surface area contributed by atoms with Gasteiger partial charge in [0, 0.05) is 28.9 Å². The molecule has 0 aliphatic heterocycles. The van der Waals surface area contributed by atoms with Crippen LogP contribution in [0.25, 0.3) is 0 Å². The molecule has 0 heterocycles. The number of hydrogen-bond acceptors (Lipinski definition) is 3. The number of anilines is 2. The van der Waals surface area contributed by atoms with Crippen LogP contribution in [0.1, 0.15) is 28.3 Å². The van der Waals surface area contributed by atoms with Crippen LogP contribution in [0.2, 0.25) is 0 Å². The molecule has 20 heavy (non-hydrogen) atoms. The summed E-state index contributed by atoms with van der Waals surface area (Å²) in [6.45, 7) is 0. The van der Waals surface area contributed by atoms with Crippen molar-refractivity contribution in [3.63, 3.8) is 0 Å². The molecule has 0 spiro atoms. The van der Waals surface area contributed by atoms with Crippen molar-refractivity contribution in [1.29, 1.82) is 0 Å². The van der Waals surface area contributed by atoms with E-state index in [4.69, 9.17) is 11.5 Å². The van der Waals surface area contributed by atoms with Gasteiger partial charge in [-0.05, 0) is 30.2 Å². The number of nitrogen functional groups attached to an aromatic ring is 2. The van der Waals surface area contributed by atoms with Crippen LogP contribution in [0.15, 0.2) is 48.5 Å². The van der Waals surface area contributed by atoms with Crippen molar-refractivity contribution in [2.75, 3.05) is 11.5 Å². The number of nitrogens with one attached hydrogen (secondary N) is 1. The first-order valence-corrected chi connectivity index (χ1v) is 6.65. The highest BCUT2D eigenvalue weighted by Gasteiger charge is 2.39. The Morgan fingerprint density at radius 3 is 2.35 bits per heavy atom. The van der Waals surface area contributed by atoms with Crippen molar-refractivity contribution < 1.29 is 4.79 Å². The van der Waals surface area contributed by atoms with E-state index < -0.39 is 0 Å². The van der Waals surface area contributed by atoms with E-state index in [1.54, 1.807) is 18.2 Å². The first-order chi connectivity index (χ1) is 9.63. The maximum absolute atomic E-state index is 12.2. The van der Waals surface area contributed by atoms with Crippen LogP contribution in [0, 0.1) is 0 Å². The third-order valence-electron chi connectivity index (χ3n) is 3.57. The molecule has 1 fully saturated rings. The van der Waals surface area contributed by atoms with Gasteiger partial charge in [-0.1, -0.05) is 30.3 Å². The fourth-order valence-corrected chi connectivity index (χ4v) is 2.48. The maximum Gasteiger partial charge on any atom is 0.251 e. The van der Waals surface area contributed by atoms with Gasteiger partial charge in [0.2, 0.25) is 0 Å². The fraction of sp³-hybridized carbons (Fsp3) is 0.188. The summed E-state index contributed by atoms with van der Waals surface area (Å²) in [7, 11) is 0. The molecule has 1 aliphatic carbocycles. The van der Waals surface area contributed by atoms with Crippen molar-refractivity contribution in [2.24, 2.45) is 0 Å². The predicted molar refractivity (Wildman–Crippen MR) is 80.3 cm³/mol. The summed E-state index contributed by atoms with van der Waals surface area (Å²) >= 11 is 0. The molecule has 1 saturated carbocycles. The third kappa shape index (κ3) is 2.59. The molecule has 4 heteroatoms. The molecule has 1 amide bonds. The van der Waals surface area contributed by atoms with Crippen LogP contribution >= 0.6 is 0 Å². The van der Waals surface area contributed by atoms with E-state index in [0.717, 1.165) is 6.42 Å². The summed E-state index contributed by atoms with van der Waals surface area (Å²) in [5.74, 6) is 0.297. The van der Waals surface area contributed by atoms with Crippen LogP contribution < -0.4 is 16.8 Å². The predicted octanol–water partition coefficient (Wildman–Crippen LogP) is 2.14. The number of hydrogen-bond donors (Lipinski definition) is 3. The van der Waals surface area contributed by atoms with Crippen molar-refractivity contribution in [3.05, 3.63) is 59.7 Å². The van der Waals surface area contributed by atoms with Crippen LogP contribution in [-0.4, -0.2) is 11.9 Å². The quantitative estimate of drug-likeness (QED) is 0.745. The Bertz CT molecular complexity index is 619. The Kier molecular flexibility index (Phi) is 3.06. The topological polar surface area (TPSA) is 81.1 Å². The van der Waals surface area contributed by atoms with E-state index in [9.17, 15) is 4.79 Å². The SMILES string of the molecule is Nc1cc(N)cc(C(=O)NC2CC2c2ccccc2)c1. The molecule has 4 nitrogen and oxygen atoms in total. The first kappa shape index (κ1) is 12.5. The van der Waals surface area contributed by atoms with Crippen LogP contribution in [0.3, 0.4) is 0 Å². The molecular formula is C16H17N3O. The van der Waals surface area contributed by atoms with Gasteiger partial charge in [-0.3, -0.25) is 4.79 Å². The van der Waals surface area contributed by atoms with Gasteiger partial charge < -0.3 is 16.8 Å². The zero-order chi connectivity index (χ0) is 14.1. The van der Waals surface area contributed by atoms with Gasteiger partial charge in [0.05, 0.1) is 0 Å². The number of nitrogens with two attached hydrogens (primary N) is 2. The van der Waals surface area contributed by atoms with E-state index in [1.807, 2.05) is 18.2 Å². The number of carbonyl (C=O) groups excluding carboxylic acids is 1. The summed E-state index contributed by atoms with van der Waals surface area (Å²) in [5.41, 5.74) is 14.2. The first-order valence-electron chi connectivity index (χ1n) is 6.65. The average Bonchev–Trinajstić information content (AvgIpc) is 3.18. The van der Waals surface area contributed by atoms with Gasteiger partial charge in [0.15, 0.2) is 0 Å². The van der Waals surface area contributed by atoms with Gasteiger partial charge >= 0.3 is 0 Å². The van der Waals surface area contributed by atoms with Crippen LogP contribution in [0.4, 0.5) is 11.4 Å². The Labute approximate surface area is 117 Å². The molecule has 0 aromatic heterocycles. The molecule has 0 bridgehead atoms. The molecule has 1 aliphatic rings. The minimum Gasteiger partial charge on any atom is -0.399 e. The minimum absolute atomic E-state index is 0.118.